The molecule has 0 radical (unpaired) electrons. The Kier molecular flexibility index (Phi) is 8.01. The molecule has 1 aromatic heterocycles. The number of aromatic nitrogens is 1. The summed E-state index contributed by atoms with van der Waals surface area (Å²) in [4.78, 5) is 48.5. The van der Waals surface area contributed by atoms with Crippen LogP contribution in [0.4, 0.5) is 19.7 Å². The quantitative estimate of drug-likeness (QED) is 0.262. The minimum atomic E-state index is -1.17. The molecule has 0 saturated heterocycles. The number of fused-ring (bicyclic) bond motifs is 1. The number of rotatable bonds is 10. The van der Waals surface area contributed by atoms with Crippen LogP contribution in [0.2, 0.25) is 5.02 Å². The van der Waals surface area contributed by atoms with Crippen molar-refractivity contribution in [2.45, 2.75) is 31.8 Å². The van der Waals surface area contributed by atoms with Crippen LogP contribution in [-0.2, 0) is 16.1 Å². The summed E-state index contributed by atoms with van der Waals surface area (Å²) in [7, 11) is 0. The van der Waals surface area contributed by atoms with Crippen LogP contribution in [0.25, 0.3) is 10.9 Å². The van der Waals surface area contributed by atoms with Crippen molar-refractivity contribution in [3.63, 3.8) is 0 Å². The Labute approximate surface area is 221 Å². The molecular weight excluding hydrogens is 521 g/mol. The van der Waals surface area contributed by atoms with Crippen LogP contribution in [0.3, 0.4) is 0 Å². The number of carbonyl (C=O) groups is 4. The van der Waals surface area contributed by atoms with Gasteiger partial charge in [-0.1, -0.05) is 36.6 Å². The summed E-state index contributed by atoms with van der Waals surface area (Å²) in [5, 5.41) is 17.1. The van der Waals surface area contributed by atoms with Gasteiger partial charge in [-0.15, -0.1) is 0 Å². The molecule has 6 N–H and O–H groups in total. The fourth-order valence-corrected chi connectivity index (χ4v) is 4.14. The van der Waals surface area contributed by atoms with E-state index in [1.165, 1.54) is 36.5 Å². The highest BCUT2D eigenvalue weighted by atomic mass is 35.5. The Morgan fingerprint density at radius 3 is 2.66 bits per heavy atom. The number of carbonyl (C=O) groups excluding carboxylic acids is 3. The van der Waals surface area contributed by atoms with E-state index in [1.807, 2.05) is 0 Å². The maximum atomic E-state index is 14.2. The largest absolute Gasteiger partial charge is 0.482 e. The third-order valence-electron chi connectivity index (χ3n) is 6.00. The SMILES string of the molecule is NC(=O)n1cc(NC(=O)N[C@@H](CC2CC2)C(=O)NCc2cccc(Cl)c2F)c2ccc(OCC(=O)O)cc21. The molecule has 1 fully saturated rings. The number of carboxylic acids is 1. The monoisotopic (exact) mass is 545 g/mol. The lowest BCUT2D eigenvalue weighted by Crippen LogP contribution is -2.48. The first-order valence-corrected chi connectivity index (χ1v) is 12.1. The highest BCUT2D eigenvalue weighted by Crippen LogP contribution is 2.34. The second-order valence-electron chi connectivity index (χ2n) is 8.87. The van der Waals surface area contributed by atoms with Gasteiger partial charge in [0.1, 0.15) is 17.6 Å². The Bertz CT molecular complexity index is 1410. The smallest absolute Gasteiger partial charge is 0.341 e. The molecule has 4 rings (SSSR count). The van der Waals surface area contributed by atoms with E-state index in [0.717, 1.165) is 17.4 Å². The van der Waals surface area contributed by atoms with Crippen molar-refractivity contribution < 1.29 is 33.4 Å². The standard InChI is InChI=1S/C25H25ClFN5O6/c26-17-3-1-2-14(22(17)27)10-29-23(35)18(8-13-4-5-13)30-25(37)31-19-11-32(24(28)36)20-9-15(6-7-16(19)20)38-12-21(33)34/h1-3,6-7,9,11,13,18H,4-5,8,10,12H2,(H2,28,36)(H,29,35)(H,33,34)(H2,30,31,37)/t18-/m0/s1. The Balaban J connectivity index is 1.47. The first-order chi connectivity index (χ1) is 18.1. The number of carboxylic acid groups (broad SMARTS) is 1. The van der Waals surface area contributed by atoms with Crippen molar-refractivity contribution in [2.75, 3.05) is 11.9 Å². The molecule has 0 aliphatic heterocycles. The molecule has 200 valence electrons. The Morgan fingerprint density at radius 2 is 1.97 bits per heavy atom. The van der Waals surface area contributed by atoms with Crippen molar-refractivity contribution in [3.05, 3.63) is 59.0 Å². The summed E-state index contributed by atoms with van der Waals surface area (Å²) < 4.78 is 20.4. The summed E-state index contributed by atoms with van der Waals surface area (Å²) >= 11 is 5.80. The number of hydrogen-bond donors (Lipinski definition) is 5. The van der Waals surface area contributed by atoms with E-state index in [0.29, 0.717) is 11.8 Å². The lowest BCUT2D eigenvalue weighted by molar-refractivity contribution is -0.139. The maximum absolute atomic E-state index is 14.2. The number of aliphatic carboxylic acids is 1. The number of benzene rings is 2. The van der Waals surface area contributed by atoms with Gasteiger partial charge in [0, 0.05) is 29.8 Å². The number of amides is 4. The molecule has 13 heteroatoms. The van der Waals surface area contributed by atoms with Gasteiger partial charge in [0.25, 0.3) is 0 Å². The number of ether oxygens (including phenoxy) is 1. The van der Waals surface area contributed by atoms with Crippen molar-refractivity contribution >= 4 is 52.1 Å². The Hall–Kier alpha value is -4.32. The van der Waals surface area contributed by atoms with E-state index < -0.39 is 42.4 Å². The fourth-order valence-electron chi connectivity index (χ4n) is 3.95. The number of nitrogens with zero attached hydrogens (tertiary/aromatic N) is 1. The molecule has 0 bridgehead atoms. The molecule has 3 aromatic rings. The van der Waals surface area contributed by atoms with Crippen molar-refractivity contribution in [1.29, 1.82) is 0 Å². The zero-order valence-corrected chi connectivity index (χ0v) is 20.8. The number of hydrogen-bond acceptors (Lipinski definition) is 5. The molecule has 38 heavy (non-hydrogen) atoms. The van der Waals surface area contributed by atoms with Gasteiger partial charge in [0.2, 0.25) is 5.91 Å². The van der Waals surface area contributed by atoms with Crippen LogP contribution >= 0.6 is 11.6 Å². The number of anilines is 1. The number of primary amides is 1. The predicted octanol–water partition coefficient (Wildman–Crippen LogP) is 3.43. The number of urea groups is 1. The molecule has 2 aromatic carbocycles. The van der Waals surface area contributed by atoms with E-state index in [-0.39, 0.29) is 40.0 Å². The van der Waals surface area contributed by atoms with E-state index in [2.05, 4.69) is 16.0 Å². The second-order valence-corrected chi connectivity index (χ2v) is 9.28. The van der Waals surface area contributed by atoms with Gasteiger partial charge in [0.05, 0.1) is 16.2 Å². The van der Waals surface area contributed by atoms with E-state index >= 15 is 0 Å². The predicted molar refractivity (Wildman–Crippen MR) is 137 cm³/mol. The fraction of sp³-hybridized carbons (Fsp3) is 0.280. The average Bonchev–Trinajstić information content (AvgIpc) is 3.62. The van der Waals surface area contributed by atoms with Gasteiger partial charge >= 0.3 is 18.0 Å². The zero-order chi connectivity index (χ0) is 27.4. The zero-order valence-electron chi connectivity index (χ0n) is 20.0. The summed E-state index contributed by atoms with van der Waals surface area (Å²) in [6, 6.07) is 6.51. The van der Waals surface area contributed by atoms with Crippen LogP contribution < -0.4 is 26.4 Å². The minimum absolute atomic E-state index is 0.0560. The van der Waals surface area contributed by atoms with Crippen LogP contribution in [0, 0.1) is 11.7 Å². The third-order valence-corrected chi connectivity index (χ3v) is 6.29. The first kappa shape index (κ1) is 26.7. The van der Waals surface area contributed by atoms with Crippen molar-refractivity contribution in [2.24, 2.45) is 11.7 Å². The van der Waals surface area contributed by atoms with Crippen molar-refractivity contribution in [3.8, 4) is 5.75 Å². The normalized spacial score (nSPS) is 13.5. The Morgan fingerprint density at radius 1 is 1.21 bits per heavy atom. The lowest BCUT2D eigenvalue weighted by Gasteiger charge is -2.19. The summed E-state index contributed by atoms with van der Waals surface area (Å²) in [5.41, 5.74) is 6.18. The maximum Gasteiger partial charge on any atom is 0.341 e. The number of nitrogens with one attached hydrogen (secondary N) is 3. The molecule has 0 unspecified atom stereocenters. The van der Waals surface area contributed by atoms with E-state index in [9.17, 15) is 23.6 Å². The van der Waals surface area contributed by atoms with Crippen molar-refractivity contribution in [1.82, 2.24) is 15.2 Å². The van der Waals surface area contributed by atoms with Crippen LogP contribution in [-0.4, -0.2) is 46.3 Å². The average molecular weight is 546 g/mol. The first-order valence-electron chi connectivity index (χ1n) is 11.7. The van der Waals surface area contributed by atoms with Crippen LogP contribution in [0.15, 0.2) is 42.6 Å². The molecule has 11 nitrogen and oxygen atoms in total. The number of nitrogens with two attached hydrogens (primary N) is 1. The third kappa shape index (κ3) is 6.51. The molecule has 1 heterocycles. The summed E-state index contributed by atoms with van der Waals surface area (Å²) in [5.74, 6) is -1.80. The molecule has 1 aliphatic rings. The minimum Gasteiger partial charge on any atom is -0.482 e. The second kappa shape index (κ2) is 11.4. The molecule has 0 spiro atoms. The van der Waals surface area contributed by atoms with Gasteiger partial charge in [-0.2, -0.15) is 0 Å². The molecular formula is C25H25ClFN5O6. The van der Waals surface area contributed by atoms with E-state index in [1.54, 1.807) is 6.07 Å². The van der Waals surface area contributed by atoms with Gasteiger partial charge in [-0.25, -0.2) is 18.8 Å². The van der Waals surface area contributed by atoms with Crippen LogP contribution in [0.5, 0.6) is 5.75 Å². The molecule has 1 aliphatic carbocycles. The van der Waals surface area contributed by atoms with Gasteiger partial charge < -0.3 is 31.5 Å². The summed E-state index contributed by atoms with van der Waals surface area (Å²) in [6.45, 7) is -0.682. The highest BCUT2D eigenvalue weighted by molar-refractivity contribution is 6.30. The van der Waals surface area contributed by atoms with Gasteiger partial charge in [0.15, 0.2) is 6.61 Å². The summed E-state index contributed by atoms with van der Waals surface area (Å²) in [6.07, 6.45) is 3.60. The van der Waals surface area contributed by atoms with Gasteiger partial charge in [-0.05, 0) is 30.5 Å². The topological polar surface area (TPSA) is 165 Å². The molecule has 4 amide bonds. The highest BCUT2D eigenvalue weighted by Gasteiger charge is 2.30. The molecule has 1 atom stereocenters. The lowest BCUT2D eigenvalue weighted by atomic mass is 10.1. The number of halogens is 2. The van der Waals surface area contributed by atoms with Gasteiger partial charge in [-0.3, -0.25) is 9.36 Å². The van der Waals surface area contributed by atoms with Crippen LogP contribution in [0.1, 0.15) is 24.8 Å². The molecule has 1 saturated carbocycles. The van der Waals surface area contributed by atoms with E-state index in [4.69, 9.17) is 27.2 Å².